The molecule has 0 aromatic carbocycles. The van der Waals surface area contributed by atoms with Crippen LogP contribution in [0.15, 0.2) is 11.1 Å². The van der Waals surface area contributed by atoms with Crippen LogP contribution in [0.3, 0.4) is 0 Å². The number of nitrogen functional groups attached to an aromatic ring is 1. The van der Waals surface area contributed by atoms with Crippen LogP contribution in [-0.2, 0) is 9.47 Å². The van der Waals surface area contributed by atoms with E-state index in [9.17, 15) is 9.90 Å². The van der Waals surface area contributed by atoms with E-state index in [0.717, 1.165) is 19.3 Å². The topological polar surface area (TPSA) is 128 Å². The number of nitrogens with two attached hydrogens (primary N) is 1. The lowest BCUT2D eigenvalue weighted by molar-refractivity contribution is -0.0616. The zero-order chi connectivity index (χ0) is 17.1. The van der Waals surface area contributed by atoms with Crippen LogP contribution in [0.5, 0.6) is 0 Å². The average Bonchev–Trinajstić information content (AvgIpc) is 3.11. The minimum Gasteiger partial charge on any atom is -0.390 e. The third kappa shape index (κ3) is 3.42. The molecule has 0 radical (unpaired) electrons. The van der Waals surface area contributed by atoms with Gasteiger partial charge in [-0.05, 0) is 6.42 Å². The van der Waals surface area contributed by atoms with E-state index < -0.39 is 24.0 Å². The molecule has 0 bridgehead atoms. The first-order valence-electron chi connectivity index (χ1n) is 8.23. The molecular formula is C15H23N5O4. The molecule has 1 fully saturated rings. The number of anilines is 1. The summed E-state index contributed by atoms with van der Waals surface area (Å²) in [5, 5.41) is 10.2. The normalized spacial score (nSPS) is 24.0. The molecule has 1 aliphatic rings. The molecular weight excluding hydrogens is 314 g/mol. The van der Waals surface area contributed by atoms with Crippen molar-refractivity contribution in [3.63, 3.8) is 0 Å². The largest absolute Gasteiger partial charge is 0.390 e. The van der Waals surface area contributed by atoms with Crippen molar-refractivity contribution in [2.24, 2.45) is 0 Å². The number of imidazole rings is 1. The van der Waals surface area contributed by atoms with Gasteiger partial charge < -0.3 is 20.3 Å². The van der Waals surface area contributed by atoms with Crippen molar-refractivity contribution in [2.45, 2.75) is 51.0 Å². The van der Waals surface area contributed by atoms with E-state index in [1.54, 1.807) is 4.57 Å². The number of hydrogen-bond acceptors (Lipinski definition) is 7. The number of hydrogen-bond donors (Lipinski definition) is 3. The van der Waals surface area contributed by atoms with Crippen LogP contribution in [0, 0.1) is 0 Å². The molecule has 0 amide bonds. The molecule has 9 nitrogen and oxygen atoms in total. The maximum atomic E-state index is 11.8. The smallest absolute Gasteiger partial charge is 0.280 e. The number of rotatable bonds is 7. The van der Waals surface area contributed by atoms with E-state index in [4.69, 9.17) is 15.2 Å². The molecule has 3 heterocycles. The summed E-state index contributed by atoms with van der Waals surface area (Å²) in [5.74, 6) is 0.0172. The van der Waals surface area contributed by atoms with E-state index in [1.807, 2.05) is 0 Å². The Labute approximate surface area is 138 Å². The number of nitrogens with one attached hydrogen (secondary N) is 1. The summed E-state index contributed by atoms with van der Waals surface area (Å²) in [4.78, 5) is 22.4. The zero-order valence-electron chi connectivity index (χ0n) is 13.6. The summed E-state index contributed by atoms with van der Waals surface area (Å²) < 4.78 is 13.1. The minimum absolute atomic E-state index is 0.0172. The van der Waals surface area contributed by atoms with Crippen molar-refractivity contribution in [3.05, 3.63) is 16.7 Å². The Morgan fingerprint density at radius 1 is 1.54 bits per heavy atom. The average molecular weight is 337 g/mol. The number of nitrogens with zero attached hydrogens (tertiary/aromatic N) is 3. The molecule has 3 rings (SSSR count). The van der Waals surface area contributed by atoms with Gasteiger partial charge in [0.2, 0.25) is 5.95 Å². The zero-order valence-corrected chi connectivity index (χ0v) is 13.6. The fourth-order valence-electron chi connectivity index (χ4n) is 2.84. The molecule has 24 heavy (non-hydrogen) atoms. The number of unbranched alkanes of at least 4 members (excludes halogenated alkanes) is 2. The Bertz CT molecular complexity index is 743. The first-order valence-corrected chi connectivity index (χ1v) is 8.23. The SMILES string of the molecule is CCCCCOC[C@H]1O[C@@H](n2cnc3c(=O)[nH]c(N)nc32)CC1O. The Kier molecular flexibility index (Phi) is 5.12. The van der Waals surface area contributed by atoms with Gasteiger partial charge in [-0.3, -0.25) is 14.3 Å². The molecule has 2 aromatic rings. The highest BCUT2D eigenvalue weighted by atomic mass is 16.6. The van der Waals surface area contributed by atoms with E-state index >= 15 is 0 Å². The predicted octanol–water partition coefficient (Wildman–Crippen LogP) is 0.557. The van der Waals surface area contributed by atoms with Gasteiger partial charge in [0.1, 0.15) is 12.3 Å². The Morgan fingerprint density at radius 3 is 3.17 bits per heavy atom. The second kappa shape index (κ2) is 7.29. The van der Waals surface area contributed by atoms with Gasteiger partial charge in [-0.25, -0.2) is 4.98 Å². The third-order valence-electron chi connectivity index (χ3n) is 4.14. The quantitative estimate of drug-likeness (QED) is 0.630. The van der Waals surface area contributed by atoms with Gasteiger partial charge in [0.25, 0.3) is 5.56 Å². The second-order valence-electron chi connectivity index (χ2n) is 5.99. The number of ether oxygens (including phenoxy) is 2. The van der Waals surface area contributed by atoms with Crippen molar-refractivity contribution < 1.29 is 14.6 Å². The monoisotopic (exact) mass is 337 g/mol. The summed E-state index contributed by atoms with van der Waals surface area (Å²) >= 11 is 0. The molecule has 1 unspecified atom stereocenters. The van der Waals surface area contributed by atoms with Crippen LogP contribution in [-0.4, -0.2) is 50.0 Å². The Morgan fingerprint density at radius 2 is 2.38 bits per heavy atom. The maximum Gasteiger partial charge on any atom is 0.280 e. The summed E-state index contributed by atoms with van der Waals surface area (Å²) in [5.41, 5.74) is 5.74. The third-order valence-corrected chi connectivity index (χ3v) is 4.14. The van der Waals surface area contributed by atoms with Crippen molar-refractivity contribution in [1.82, 2.24) is 19.5 Å². The lowest BCUT2D eigenvalue weighted by Crippen LogP contribution is -2.26. The van der Waals surface area contributed by atoms with Crippen LogP contribution >= 0.6 is 0 Å². The lowest BCUT2D eigenvalue weighted by Gasteiger charge is -2.16. The molecule has 3 atom stereocenters. The van der Waals surface area contributed by atoms with Gasteiger partial charge in [-0.15, -0.1) is 0 Å². The number of aromatic amines is 1. The van der Waals surface area contributed by atoms with Crippen molar-refractivity contribution in [1.29, 1.82) is 0 Å². The van der Waals surface area contributed by atoms with Gasteiger partial charge >= 0.3 is 0 Å². The van der Waals surface area contributed by atoms with Gasteiger partial charge in [0.05, 0.1) is 19.0 Å². The number of aliphatic hydroxyl groups excluding tert-OH is 1. The van der Waals surface area contributed by atoms with Gasteiger partial charge in [0.15, 0.2) is 11.2 Å². The van der Waals surface area contributed by atoms with Crippen molar-refractivity contribution in [2.75, 3.05) is 18.9 Å². The molecule has 1 aliphatic heterocycles. The molecule has 0 saturated carbocycles. The lowest BCUT2D eigenvalue weighted by atomic mass is 10.2. The number of aromatic nitrogens is 4. The van der Waals surface area contributed by atoms with Crippen LogP contribution in [0.25, 0.3) is 11.2 Å². The summed E-state index contributed by atoms with van der Waals surface area (Å²) in [6, 6.07) is 0. The fourth-order valence-corrected chi connectivity index (χ4v) is 2.84. The molecule has 0 aliphatic carbocycles. The first kappa shape index (κ1) is 16.9. The number of aliphatic hydroxyl groups is 1. The summed E-state index contributed by atoms with van der Waals surface area (Å²) in [7, 11) is 0. The first-order chi connectivity index (χ1) is 11.6. The van der Waals surface area contributed by atoms with Crippen LogP contribution in [0.4, 0.5) is 5.95 Å². The van der Waals surface area contributed by atoms with E-state index in [-0.39, 0.29) is 11.5 Å². The predicted molar refractivity (Wildman–Crippen MR) is 87.4 cm³/mol. The van der Waals surface area contributed by atoms with Gasteiger partial charge in [-0.2, -0.15) is 4.98 Å². The van der Waals surface area contributed by atoms with Gasteiger partial charge in [-0.1, -0.05) is 19.8 Å². The molecule has 4 N–H and O–H groups in total. The van der Waals surface area contributed by atoms with Crippen LogP contribution < -0.4 is 11.3 Å². The molecule has 0 spiro atoms. The fraction of sp³-hybridized carbons (Fsp3) is 0.667. The van der Waals surface area contributed by atoms with Gasteiger partial charge in [0, 0.05) is 13.0 Å². The number of fused-ring (bicyclic) bond motifs is 1. The molecule has 132 valence electrons. The van der Waals surface area contributed by atoms with E-state index in [2.05, 4.69) is 21.9 Å². The van der Waals surface area contributed by atoms with Crippen LogP contribution in [0.1, 0.15) is 38.8 Å². The number of H-pyrrole nitrogens is 1. The Balaban J connectivity index is 1.67. The summed E-state index contributed by atoms with van der Waals surface area (Å²) in [6.45, 7) is 3.13. The minimum atomic E-state index is -0.641. The molecule has 9 heteroatoms. The van der Waals surface area contributed by atoms with Crippen LogP contribution in [0.2, 0.25) is 0 Å². The van der Waals surface area contributed by atoms with E-state index in [0.29, 0.717) is 25.3 Å². The molecule has 1 saturated heterocycles. The summed E-state index contributed by atoms with van der Waals surface area (Å²) in [6.07, 6.45) is 3.61. The van der Waals surface area contributed by atoms with Crippen molar-refractivity contribution in [3.8, 4) is 0 Å². The van der Waals surface area contributed by atoms with Crippen molar-refractivity contribution >= 4 is 17.1 Å². The highest BCUT2D eigenvalue weighted by Gasteiger charge is 2.36. The standard InChI is InChI=1S/C15H23N5O4/c1-2-3-4-5-23-7-10-9(21)6-11(24-10)20-8-17-12-13(20)18-15(16)19-14(12)22/h8-11,21H,2-7H2,1H3,(H3,16,18,19,22)/t9?,10-,11-/m1/s1. The maximum absolute atomic E-state index is 11.8. The highest BCUT2D eigenvalue weighted by molar-refractivity contribution is 5.70. The Hall–Kier alpha value is -1.97. The van der Waals surface area contributed by atoms with E-state index in [1.165, 1.54) is 6.33 Å². The highest BCUT2D eigenvalue weighted by Crippen LogP contribution is 2.30. The second-order valence-corrected chi connectivity index (χ2v) is 5.99. The molecule has 2 aromatic heterocycles.